The predicted octanol–water partition coefficient (Wildman–Crippen LogP) is 2.18. The van der Waals surface area contributed by atoms with Crippen LogP contribution in [0.1, 0.15) is 18.5 Å². The molecule has 0 saturated heterocycles. The maximum Gasteiger partial charge on any atom is 0.166 e. The third kappa shape index (κ3) is 3.08. The first-order chi connectivity index (χ1) is 7.04. The molecule has 0 spiro atoms. The van der Waals surface area contributed by atoms with Gasteiger partial charge in [-0.15, -0.1) is 0 Å². The summed E-state index contributed by atoms with van der Waals surface area (Å²) in [7, 11) is 3.82. The molecule has 0 saturated carbocycles. The number of nitrogens with zero attached hydrogens (tertiary/aromatic N) is 1. The van der Waals surface area contributed by atoms with Gasteiger partial charge in [-0.05, 0) is 26.6 Å². The first-order valence-corrected chi connectivity index (χ1v) is 5.49. The van der Waals surface area contributed by atoms with Gasteiger partial charge in [0.15, 0.2) is 5.78 Å². The van der Waals surface area contributed by atoms with Gasteiger partial charge in [0.1, 0.15) is 0 Å². The summed E-state index contributed by atoms with van der Waals surface area (Å²) in [4.78, 5) is 13.9. The molecule has 2 unspecified atom stereocenters. The van der Waals surface area contributed by atoms with Gasteiger partial charge >= 0.3 is 0 Å². The molecule has 3 heteroatoms. The van der Waals surface area contributed by atoms with Crippen LogP contribution in [0, 0.1) is 0 Å². The average molecular weight is 223 g/mol. The Labute approximate surface area is 96.7 Å². The van der Waals surface area contributed by atoms with Gasteiger partial charge < -0.3 is 0 Å². The van der Waals surface area contributed by atoms with Crippen molar-refractivity contribution in [1.82, 2.24) is 4.90 Å². The minimum absolute atomic E-state index is 0.134. The third-order valence-electron chi connectivity index (χ3n) is 2.31. The molecule has 15 heavy (non-hydrogen) atoms. The second-order valence-electron chi connectivity index (χ2n) is 3.86. The number of thiol groups is 1. The fourth-order valence-corrected chi connectivity index (χ4v) is 1.72. The molecule has 0 amide bonds. The normalized spacial score (nSPS) is 15.0. The smallest absolute Gasteiger partial charge is 0.166 e. The van der Waals surface area contributed by atoms with Crippen LogP contribution < -0.4 is 0 Å². The van der Waals surface area contributed by atoms with Crippen molar-refractivity contribution in [2.24, 2.45) is 0 Å². The summed E-state index contributed by atoms with van der Waals surface area (Å²) in [6, 6.07) is 9.59. The zero-order valence-electron chi connectivity index (χ0n) is 9.34. The van der Waals surface area contributed by atoms with E-state index in [0.717, 1.165) is 5.56 Å². The maximum absolute atomic E-state index is 12.0. The summed E-state index contributed by atoms with van der Waals surface area (Å²) >= 11 is 4.20. The Balaban J connectivity index is 2.99. The Kier molecular flexibility index (Phi) is 4.36. The predicted molar refractivity (Wildman–Crippen MR) is 66.3 cm³/mol. The summed E-state index contributed by atoms with van der Waals surface area (Å²) in [5.41, 5.74) is 1.02. The zero-order valence-corrected chi connectivity index (χ0v) is 10.2. The van der Waals surface area contributed by atoms with Gasteiger partial charge in [-0.1, -0.05) is 30.3 Å². The van der Waals surface area contributed by atoms with E-state index in [0.29, 0.717) is 0 Å². The number of benzene rings is 1. The van der Waals surface area contributed by atoms with Crippen molar-refractivity contribution in [3.63, 3.8) is 0 Å². The molecule has 1 aromatic carbocycles. The molecule has 0 heterocycles. The van der Waals surface area contributed by atoms with Gasteiger partial charge in [0.05, 0.1) is 11.3 Å². The molecule has 0 aromatic heterocycles. The molecule has 2 nitrogen and oxygen atoms in total. The van der Waals surface area contributed by atoms with Crippen LogP contribution in [0.4, 0.5) is 0 Å². The van der Waals surface area contributed by atoms with Crippen LogP contribution >= 0.6 is 12.6 Å². The number of hydrogen-bond donors (Lipinski definition) is 1. The van der Waals surface area contributed by atoms with Crippen molar-refractivity contribution in [2.45, 2.75) is 18.2 Å². The second-order valence-corrected chi connectivity index (χ2v) is 4.63. The zero-order chi connectivity index (χ0) is 11.4. The van der Waals surface area contributed by atoms with Gasteiger partial charge in [0.2, 0.25) is 0 Å². The van der Waals surface area contributed by atoms with Crippen molar-refractivity contribution in [3.05, 3.63) is 35.9 Å². The van der Waals surface area contributed by atoms with Crippen LogP contribution in [0.2, 0.25) is 0 Å². The molecule has 0 radical (unpaired) electrons. The SMILES string of the molecule is CC(S)C(=O)C(c1ccccc1)N(C)C. The summed E-state index contributed by atoms with van der Waals surface area (Å²) in [6.45, 7) is 1.81. The Bertz CT molecular complexity index is 322. The van der Waals surface area contributed by atoms with Crippen molar-refractivity contribution < 1.29 is 4.79 Å². The maximum atomic E-state index is 12.0. The van der Waals surface area contributed by atoms with Crippen LogP contribution in [-0.2, 0) is 4.79 Å². The first kappa shape index (κ1) is 12.3. The van der Waals surface area contributed by atoms with E-state index in [9.17, 15) is 4.79 Å². The van der Waals surface area contributed by atoms with Crippen molar-refractivity contribution in [2.75, 3.05) is 14.1 Å². The first-order valence-electron chi connectivity index (χ1n) is 4.97. The summed E-state index contributed by atoms with van der Waals surface area (Å²) in [5, 5.41) is -0.238. The fourth-order valence-electron chi connectivity index (χ4n) is 1.58. The lowest BCUT2D eigenvalue weighted by Gasteiger charge is -2.24. The van der Waals surface area contributed by atoms with E-state index in [2.05, 4.69) is 12.6 Å². The molecule has 82 valence electrons. The molecule has 0 bridgehead atoms. The van der Waals surface area contributed by atoms with Crippen LogP contribution in [0.3, 0.4) is 0 Å². The lowest BCUT2D eigenvalue weighted by atomic mass is 10.00. The minimum atomic E-state index is -0.238. The van der Waals surface area contributed by atoms with E-state index in [1.165, 1.54) is 0 Å². The highest BCUT2D eigenvalue weighted by molar-refractivity contribution is 7.81. The van der Waals surface area contributed by atoms with Gasteiger partial charge in [-0.3, -0.25) is 9.69 Å². The molecular formula is C12H17NOS. The number of hydrogen-bond acceptors (Lipinski definition) is 3. The second kappa shape index (κ2) is 5.33. The van der Waals surface area contributed by atoms with E-state index < -0.39 is 0 Å². The Morgan fingerprint density at radius 1 is 1.27 bits per heavy atom. The fraction of sp³-hybridized carbons (Fsp3) is 0.417. The summed E-state index contributed by atoms with van der Waals surface area (Å²) in [5.74, 6) is 0.134. The third-order valence-corrected chi connectivity index (χ3v) is 2.57. The average Bonchev–Trinajstić information content (AvgIpc) is 2.18. The van der Waals surface area contributed by atoms with E-state index in [-0.39, 0.29) is 17.1 Å². The monoisotopic (exact) mass is 223 g/mol. The molecule has 0 aliphatic carbocycles. The highest BCUT2D eigenvalue weighted by Crippen LogP contribution is 2.21. The topological polar surface area (TPSA) is 20.3 Å². The highest BCUT2D eigenvalue weighted by Gasteiger charge is 2.24. The van der Waals surface area contributed by atoms with Crippen molar-refractivity contribution in [1.29, 1.82) is 0 Å². The van der Waals surface area contributed by atoms with Crippen LogP contribution in [0.25, 0.3) is 0 Å². The largest absolute Gasteiger partial charge is 0.296 e. The molecule has 0 N–H and O–H groups in total. The Hall–Kier alpha value is -0.800. The molecular weight excluding hydrogens is 206 g/mol. The van der Waals surface area contributed by atoms with Crippen molar-refractivity contribution >= 4 is 18.4 Å². The van der Waals surface area contributed by atoms with Gasteiger partial charge in [-0.25, -0.2) is 0 Å². The van der Waals surface area contributed by atoms with Crippen LogP contribution in [0.5, 0.6) is 0 Å². The van der Waals surface area contributed by atoms with Crippen LogP contribution in [0.15, 0.2) is 30.3 Å². The highest BCUT2D eigenvalue weighted by atomic mass is 32.1. The molecule has 0 aliphatic rings. The molecule has 0 aliphatic heterocycles. The number of Topliss-reactive ketones (excluding diaryl/α,β-unsaturated/α-hetero) is 1. The molecule has 1 aromatic rings. The van der Waals surface area contributed by atoms with E-state index >= 15 is 0 Å². The summed E-state index contributed by atoms with van der Waals surface area (Å²) < 4.78 is 0. The Morgan fingerprint density at radius 3 is 2.20 bits per heavy atom. The number of carbonyl (C=O) groups excluding carboxylic acids is 1. The number of ketones is 1. The lowest BCUT2D eigenvalue weighted by molar-refractivity contribution is -0.122. The van der Waals surface area contributed by atoms with Crippen molar-refractivity contribution in [3.8, 4) is 0 Å². The molecule has 1 rings (SSSR count). The minimum Gasteiger partial charge on any atom is -0.296 e. The molecule has 2 atom stereocenters. The number of rotatable bonds is 4. The quantitative estimate of drug-likeness (QED) is 0.790. The van der Waals surface area contributed by atoms with Gasteiger partial charge in [0.25, 0.3) is 0 Å². The number of likely N-dealkylation sites (N-methyl/N-ethyl adjacent to an activating group) is 1. The number of carbonyl (C=O) groups is 1. The van der Waals surface area contributed by atoms with Gasteiger partial charge in [-0.2, -0.15) is 12.6 Å². The van der Waals surface area contributed by atoms with Gasteiger partial charge in [0, 0.05) is 0 Å². The van der Waals surface area contributed by atoms with E-state index in [4.69, 9.17) is 0 Å². The van der Waals surface area contributed by atoms with E-state index in [1.54, 1.807) is 0 Å². The molecule has 0 fully saturated rings. The lowest BCUT2D eigenvalue weighted by Crippen LogP contribution is -2.31. The Morgan fingerprint density at radius 2 is 1.80 bits per heavy atom. The van der Waals surface area contributed by atoms with Crippen LogP contribution in [-0.4, -0.2) is 30.0 Å². The standard InChI is InChI=1S/C12H17NOS/c1-9(15)12(14)11(13(2)3)10-7-5-4-6-8-10/h4-9,11,15H,1-3H3. The summed E-state index contributed by atoms with van der Waals surface area (Å²) in [6.07, 6.45) is 0. The van der Waals surface area contributed by atoms with E-state index in [1.807, 2.05) is 56.3 Å².